The number of carbonyl (C=O) groups is 2. The van der Waals surface area contributed by atoms with Crippen molar-refractivity contribution in [3.05, 3.63) is 11.8 Å². The van der Waals surface area contributed by atoms with Crippen LogP contribution in [0.25, 0.3) is 0 Å². The zero-order chi connectivity index (χ0) is 15.0. The number of rotatable bonds is 3. The van der Waals surface area contributed by atoms with Gasteiger partial charge in [-0.05, 0) is 30.3 Å². The second kappa shape index (κ2) is 5.38. The summed E-state index contributed by atoms with van der Waals surface area (Å²) in [7, 11) is 1.43. The summed E-state index contributed by atoms with van der Waals surface area (Å²) < 4.78 is 9.88. The standard InChI is InChI=1S/C14H18N2O5/c1-20-12-7-11(21-15-12)13(17)16-9-5-3-2-4-8(9)6-10(16)14(18)19/h7-10H,2-6H2,1H3,(H,18,19). The average molecular weight is 294 g/mol. The van der Waals surface area contributed by atoms with Crippen molar-refractivity contribution in [3.63, 3.8) is 0 Å². The molecule has 2 heterocycles. The molecule has 1 amide bonds. The molecule has 3 atom stereocenters. The Labute approximate surface area is 121 Å². The van der Waals surface area contributed by atoms with Gasteiger partial charge in [-0.25, -0.2) is 4.79 Å². The first kappa shape index (κ1) is 13.9. The quantitative estimate of drug-likeness (QED) is 0.909. The summed E-state index contributed by atoms with van der Waals surface area (Å²) in [5.74, 6) is -0.848. The number of hydrogen-bond acceptors (Lipinski definition) is 5. The molecule has 0 spiro atoms. The van der Waals surface area contributed by atoms with Gasteiger partial charge in [0.2, 0.25) is 5.76 Å². The van der Waals surface area contributed by atoms with Crippen molar-refractivity contribution in [2.24, 2.45) is 5.92 Å². The molecule has 114 valence electrons. The maximum Gasteiger partial charge on any atom is 0.326 e. The third-order valence-corrected chi connectivity index (χ3v) is 4.52. The number of amides is 1. The Bertz CT molecular complexity index is 555. The summed E-state index contributed by atoms with van der Waals surface area (Å²) in [5.41, 5.74) is 0. The molecule has 0 aromatic carbocycles. The molecular formula is C14H18N2O5. The molecule has 7 heteroatoms. The molecule has 3 rings (SSSR count). The Morgan fingerprint density at radius 1 is 1.43 bits per heavy atom. The largest absolute Gasteiger partial charge is 0.480 e. The summed E-state index contributed by atoms with van der Waals surface area (Å²) in [6.45, 7) is 0. The van der Waals surface area contributed by atoms with E-state index in [4.69, 9.17) is 9.26 Å². The topological polar surface area (TPSA) is 92.9 Å². The van der Waals surface area contributed by atoms with Crippen LogP contribution in [0.4, 0.5) is 0 Å². The highest BCUT2D eigenvalue weighted by Crippen LogP contribution is 2.40. The van der Waals surface area contributed by atoms with Crippen LogP contribution >= 0.6 is 0 Å². The van der Waals surface area contributed by atoms with E-state index in [-0.39, 0.29) is 23.6 Å². The SMILES string of the molecule is COc1cc(C(=O)N2C(C(=O)O)CC3CCCCC32)on1. The number of ether oxygens (including phenoxy) is 1. The summed E-state index contributed by atoms with van der Waals surface area (Å²) in [4.78, 5) is 25.6. The molecule has 2 fully saturated rings. The number of nitrogens with zero attached hydrogens (tertiary/aromatic N) is 2. The van der Waals surface area contributed by atoms with Gasteiger partial charge in [0.1, 0.15) is 6.04 Å². The Morgan fingerprint density at radius 3 is 2.86 bits per heavy atom. The highest BCUT2D eigenvalue weighted by atomic mass is 16.5. The Balaban J connectivity index is 1.88. The van der Waals surface area contributed by atoms with Gasteiger partial charge in [-0.15, -0.1) is 0 Å². The zero-order valence-corrected chi connectivity index (χ0v) is 11.8. The van der Waals surface area contributed by atoms with E-state index >= 15 is 0 Å². The molecule has 1 aliphatic carbocycles. The van der Waals surface area contributed by atoms with Gasteiger partial charge in [-0.1, -0.05) is 12.8 Å². The predicted molar refractivity (Wildman–Crippen MR) is 71.0 cm³/mol. The maximum atomic E-state index is 12.6. The van der Waals surface area contributed by atoms with Gasteiger partial charge in [0.15, 0.2) is 0 Å². The highest BCUT2D eigenvalue weighted by Gasteiger charge is 2.48. The van der Waals surface area contributed by atoms with Crippen LogP contribution in [-0.2, 0) is 4.79 Å². The van der Waals surface area contributed by atoms with E-state index < -0.39 is 17.9 Å². The molecule has 1 aromatic heterocycles. The number of carbonyl (C=O) groups excluding carboxylic acids is 1. The van der Waals surface area contributed by atoms with Gasteiger partial charge in [0, 0.05) is 6.04 Å². The van der Waals surface area contributed by atoms with E-state index in [1.165, 1.54) is 18.1 Å². The molecule has 1 aromatic rings. The molecule has 1 N–H and O–H groups in total. The van der Waals surface area contributed by atoms with Crippen molar-refractivity contribution in [1.82, 2.24) is 10.1 Å². The van der Waals surface area contributed by atoms with Gasteiger partial charge in [0.05, 0.1) is 13.2 Å². The minimum absolute atomic E-state index is 0.0107. The van der Waals surface area contributed by atoms with E-state index in [9.17, 15) is 14.7 Å². The molecule has 2 aliphatic rings. The zero-order valence-electron chi connectivity index (χ0n) is 11.8. The van der Waals surface area contributed by atoms with Gasteiger partial charge >= 0.3 is 5.97 Å². The lowest BCUT2D eigenvalue weighted by atomic mass is 9.84. The second-order valence-corrected chi connectivity index (χ2v) is 5.65. The van der Waals surface area contributed by atoms with E-state index in [0.717, 1.165) is 25.7 Å². The van der Waals surface area contributed by atoms with Crippen molar-refractivity contribution < 1.29 is 24.0 Å². The molecule has 21 heavy (non-hydrogen) atoms. The van der Waals surface area contributed by atoms with Crippen LogP contribution in [0.2, 0.25) is 0 Å². The van der Waals surface area contributed by atoms with Crippen molar-refractivity contribution >= 4 is 11.9 Å². The lowest BCUT2D eigenvalue weighted by molar-refractivity contribution is -0.141. The molecule has 1 saturated heterocycles. The molecule has 0 radical (unpaired) electrons. The van der Waals surface area contributed by atoms with Crippen molar-refractivity contribution in [2.75, 3.05) is 7.11 Å². The third-order valence-electron chi connectivity index (χ3n) is 4.52. The minimum Gasteiger partial charge on any atom is -0.480 e. The molecule has 1 saturated carbocycles. The fraction of sp³-hybridized carbons (Fsp3) is 0.643. The van der Waals surface area contributed by atoms with Crippen LogP contribution < -0.4 is 4.74 Å². The number of methoxy groups -OCH3 is 1. The highest BCUT2D eigenvalue weighted by molar-refractivity contribution is 5.95. The molecule has 0 bridgehead atoms. The van der Waals surface area contributed by atoms with Crippen molar-refractivity contribution in [1.29, 1.82) is 0 Å². The number of hydrogen-bond donors (Lipinski definition) is 1. The number of likely N-dealkylation sites (tertiary alicyclic amines) is 1. The monoisotopic (exact) mass is 294 g/mol. The lowest BCUT2D eigenvalue weighted by Gasteiger charge is -2.32. The van der Waals surface area contributed by atoms with Crippen LogP contribution in [0.15, 0.2) is 10.6 Å². The van der Waals surface area contributed by atoms with Gasteiger partial charge < -0.3 is 19.3 Å². The van der Waals surface area contributed by atoms with Crippen LogP contribution in [-0.4, -0.2) is 46.2 Å². The van der Waals surface area contributed by atoms with E-state index in [2.05, 4.69) is 5.16 Å². The molecule has 1 aliphatic heterocycles. The fourth-order valence-corrected chi connectivity index (χ4v) is 3.56. The van der Waals surface area contributed by atoms with Crippen molar-refractivity contribution in [3.8, 4) is 5.88 Å². The number of fused-ring (bicyclic) bond motifs is 1. The first-order valence-corrected chi connectivity index (χ1v) is 7.18. The Hall–Kier alpha value is -2.05. The van der Waals surface area contributed by atoms with Gasteiger partial charge in [-0.2, -0.15) is 0 Å². The van der Waals surface area contributed by atoms with E-state index in [1.807, 2.05) is 0 Å². The first-order chi connectivity index (χ1) is 10.1. The lowest BCUT2D eigenvalue weighted by Crippen LogP contribution is -2.46. The number of aliphatic carboxylic acids is 1. The summed E-state index contributed by atoms with van der Waals surface area (Å²) in [6.07, 6.45) is 4.49. The van der Waals surface area contributed by atoms with Crippen LogP contribution in [0.5, 0.6) is 5.88 Å². The second-order valence-electron chi connectivity index (χ2n) is 5.65. The summed E-state index contributed by atoms with van der Waals surface area (Å²) in [5, 5.41) is 13.0. The molecule has 7 nitrogen and oxygen atoms in total. The summed E-state index contributed by atoms with van der Waals surface area (Å²) in [6, 6.07) is 0.613. The maximum absolute atomic E-state index is 12.6. The first-order valence-electron chi connectivity index (χ1n) is 7.18. The predicted octanol–water partition coefficient (Wildman–Crippen LogP) is 1.54. The van der Waals surface area contributed by atoms with Crippen LogP contribution in [0.3, 0.4) is 0 Å². The molecule has 3 unspecified atom stereocenters. The average Bonchev–Trinajstić information content (AvgIpc) is 3.11. The smallest absolute Gasteiger partial charge is 0.326 e. The minimum atomic E-state index is -0.954. The fourth-order valence-electron chi connectivity index (χ4n) is 3.56. The number of carboxylic acid groups (broad SMARTS) is 1. The van der Waals surface area contributed by atoms with Crippen LogP contribution in [0, 0.1) is 5.92 Å². The van der Waals surface area contributed by atoms with Gasteiger partial charge in [0.25, 0.3) is 11.8 Å². The van der Waals surface area contributed by atoms with Crippen molar-refractivity contribution in [2.45, 2.75) is 44.2 Å². The van der Waals surface area contributed by atoms with E-state index in [0.29, 0.717) is 6.42 Å². The number of aromatic nitrogens is 1. The third kappa shape index (κ3) is 2.36. The normalized spacial score (nSPS) is 28.2. The van der Waals surface area contributed by atoms with Gasteiger partial charge in [-0.3, -0.25) is 4.79 Å². The van der Waals surface area contributed by atoms with Crippen LogP contribution in [0.1, 0.15) is 42.7 Å². The Morgan fingerprint density at radius 2 is 2.19 bits per heavy atom. The number of carboxylic acids is 1. The molecular weight excluding hydrogens is 276 g/mol. The van der Waals surface area contributed by atoms with E-state index in [1.54, 1.807) is 0 Å². The summed E-state index contributed by atoms with van der Waals surface area (Å²) >= 11 is 0. The Kier molecular flexibility index (Phi) is 3.57.